The van der Waals surface area contributed by atoms with Gasteiger partial charge in [-0.2, -0.15) is 0 Å². The molecule has 1 atom stereocenters. The predicted octanol–water partition coefficient (Wildman–Crippen LogP) is 3.75. The molecule has 0 fully saturated rings. The van der Waals surface area contributed by atoms with Gasteiger partial charge >= 0.3 is 0 Å². The van der Waals surface area contributed by atoms with Crippen LogP contribution in [0.5, 0.6) is 5.75 Å². The maximum Gasteiger partial charge on any atom is 0.138 e. The number of methoxy groups -OCH3 is 1. The molecule has 0 radical (unpaired) electrons. The van der Waals surface area contributed by atoms with Gasteiger partial charge in [0, 0.05) is 16.9 Å². The lowest BCUT2D eigenvalue weighted by atomic mass is 9.91. The fourth-order valence-electron chi connectivity index (χ4n) is 1.89. The van der Waals surface area contributed by atoms with E-state index in [1.165, 1.54) is 0 Å². The summed E-state index contributed by atoms with van der Waals surface area (Å²) in [5.41, 5.74) is 1.03. The van der Waals surface area contributed by atoms with Gasteiger partial charge in [-0.3, -0.25) is 4.79 Å². The van der Waals surface area contributed by atoms with Crippen molar-refractivity contribution in [3.05, 3.63) is 28.8 Å². The van der Waals surface area contributed by atoms with Gasteiger partial charge in [-0.1, -0.05) is 38.4 Å². The fourth-order valence-corrected chi connectivity index (χ4v) is 2.05. The van der Waals surface area contributed by atoms with Crippen molar-refractivity contribution >= 4 is 17.4 Å². The summed E-state index contributed by atoms with van der Waals surface area (Å²) in [5.74, 6) is 1.11. The molecule has 1 aromatic rings. The zero-order chi connectivity index (χ0) is 13.0. The minimum atomic E-state index is 0.00470. The van der Waals surface area contributed by atoms with Crippen LogP contribution in [0.3, 0.4) is 0 Å². The number of ether oxygens (including phenoxy) is 1. The van der Waals surface area contributed by atoms with Gasteiger partial charge < -0.3 is 4.74 Å². The highest BCUT2D eigenvalue weighted by molar-refractivity contribution is 6.30. The third kappa shape index (κ3) is 3.74. The Morgan fingerprint density at radius 2 is 2.00 bits per heavy atom. The van der Waals surface area contributed by atoms with Crippen LogP contribution in [-0.2, 0) is 11.2 Å². The average Bonchev–Trinajstić information content (AvgIpc) is 2.30. The molecule has 0 aliphatic rings. The molecule has 2 nitrogen and oxygen atoms in total. The summed E-state index contributed by atoms with van der Waals surface area (Å²) in [6.07, 6.45) is 0.692. The Kier molecular flexibility index (Phi) is 5.01. The standard InChI is InChI=1S/C14H19ClO2/c1-9(2)14(16)10(3)7-11-5-6-12(15)8-13(11)17-4/h5-6,8-10H,7H2,1-4H3/t10-/m1/s1. The number of carbonyl (C=O) groups excluding carboxylic acids is 1. The van der Waals surface area contributed by atoms with E-state index < -0.39 is 0 Å². The molecular weight excluding hydrogens is 236 g/mol. The summed E-state index contributed by atoms with van der Waals surface area (Å²) < 4.78 is 5.27. The summed E-state index contributed by atoms with van der Waals surface area (Å²) in [6, 6.07) is 5.53. The monoisotopic (exact) mass is 254 g/mol. The van der Waals surface area contributed by atoms with Gasteiger partial charge in [0.15, 0.2) is 0 Å². The Bertz CT molecular complexity index is 399. The molecule has 0 aromatic heterocycles. The van der Waals surface area contributed by atoms with Crippen LogP contribution in [-0.4, -0.2) is 12.9 Å². The van der Waals surface area contributed by atoms with E-state index in [9.17, 15) is 4.79 Å². The molecule has 0 saturated heterocycles. The lowest BCUT2D eigenvalue weighted by Gasteiger charge is -2.15. The van der Waals surface area contributed by atoms with Gasteiger partial charge in [-0.25, -0.2) is 0 Å². The molecule has 0 spiro atoms. The molecule has 0 aliphatic carbocycles. The summed E-state index contributed by atoms with van der Waals surface area (Å²) in [5, 5.41) is 0.647. The van der Waals surface area contributed by atoms with Crippen molar-refractivity contribution < 1.29 is 9.53 Å². The highest BCUT2D eigenvalue weighted by Gasteiger charge is 2.18. The number of hydrogen-bond donors (Lipinski definition) is 0. The Morgan fingerprint density at radius 3 is 2.53 bits per heavy atom. The Balaban J connectivity index is 2.84. The van der Waals surface area contributed by atoms with Gasteiger partial charge in [-0.05, 0) is 24.1 Å². The Hall–Kier alpha value is -1.02. The van der Waals surface area contributed by atoms with E-state index >= 15 is 0 Å². The zero-order valence-corrected chi connectivity index (χ0v) is 11.5. The van der Waals surface area contributed by atoms with Gasteiger partial charge in [0.05, 0.1) is 7.11 Å². The van der Waals surface area contributed by atoms with Crippen LogP contribution in [0, 0.1) is 11.8 Å². The molecule has 0 aliphatic heterocycles. The van der Waals surface area contributed by atoms with Gasteiger partial charge in [0.1, 0.15) is 11.5 Å². The largest absolute Gasteiger partial charge is 0.496 e. The summed E-state index contributed by atoms with van der Waals surface area (Å²) >= 11 is 5.90. The Labute approximate surface area is 108 Å². The van der Waals surface area contributed by atoms with E-state index in [-0.39, 0.29) is 17.6 Å². The molecule has 1 rings (SSSR count). The van der Waals surface area contributed by atoms with E-state index in [0.29, 0.717) is 11.4 Å². The van der Waals surface area contributed by atoms with E-state index in [1.807, 2.05) is 32.9 Å². The van der Waals surface area contributed by atoms with Crippen molar-refractivity contribution in [1.82, 2.24) is 0 Å². The second-order valence-corrected chi connectivity index (χ2v) is 5.05. The number of halogens is 1. The number of hydrogen-bond acceptors (Lipinski definition) is 2. The van der Waals surface area contributed by atoms with E-state index in [1.54, 1.807) is 13.2 Å². The predicted molar refractivity (Wildman–Crippen MR) is 70.7 cm³/mol. The lowest BCUT2D eigenvalue weighted by molar-refractivity contribution is -0.125. The molecule has 0 unspecified atom stereocenters. The summed E-state index contributed by atoms with van der Waals surface area (Å²) in [7, 11) is 1.62. The second kappa shape index (κ2) is 6.06. The van der Waals surface area contributed by atoms with E-state index in [0.717, 1.165) is 11.3 Å². The minimum Gasteiger partial charge on any atom is -0.496 e. The lowest BCUT2D eigenvalue weighted by Crippen LogP contribution is -2.19. The van der Waals surface area contributed by atoms with E-state index in [4.69, 9.17) is 16.3 Å². The first-order chi connectivity index (χ1) is 7.95. The highest BCUT2D eigenvalue weighted by atomic mass is 35.5. The number of Topliss-reactive ketones (excluding diaryl/α,β-unsaturated/α-hetero) is 1. The molecule has 94 valence electrons. The zero-order valence-electron chi connectivity index (χ0n) is 10.8. The van der Waals surface area contributed by atoms with Gasteiger partial charge in [0.25, 0.3) is 0 Å². The molecule has 3 heteroatoms. The van der Waals surface area contributed by atoms with Crippen molar-refractivity contribution in [2.24, 2.45) is 11.8 Å². The van der Waals surface area contributed by atoms with Crippen LogP contribution < -0.4 is 4.74 Å². The summed E-state index contributed by atoms with van der Waals surface area (Å²) in [6.45, 7) is 5.81. The molecule has 0 amide bonds. The average molecular weight is 255 g/mol. The van der Waals surface area contributed by atoms with Crippen LogP contribution in [0.2, 0.25) is 5.02 Å². The highest BCUT2D eigenvalue weighted by Crippen LogP contribution is 2.26. The normalized spacial score (nSPS) is 12.6. The van der Waals surface area contributed by atoms with Crippen molar-refractivity contribution in [2.45, 2.75) is 27.2 Å². The van der Waals surface area contributed by atoms with Crippen LogP contribution in [0.1, 0.15) is 26.3 Å². The van der Waals surface area contributed by atoms with Crippen LogP contribution in [0.4, 0.5) is 0 Å². The number of rotatable bonds is 5. The molecule has 0 heterocycles. The molecular formula is C14H19ClO2. The van der Waals surface area contributed by atoms with Crippen molar-refractivity contribution in [3.8, 4) is 5.75 Å². The molecule has 0 saturated carbocycles. The molecule has 0 bridgehead atoms. The SMILES string of the molecule is COc1cc(Cl)ccc1C[C@@H](C)C(=O)C(C)C. The maximum atomic E-state index is 11.8. The Morgan fingerprint density at radius 1 is 1.35 bits per heavy atom. The fraction of sp³-hybridized carbons (Fsp3) is 0.500. The first-order valence-corrected chi connectivity index (χ1v) is 6.19. The van der Waals surface area contributed by atoms with Crippen molar-refractivity contribution in [2.75, 3.05) is 7.11 Å². The first kappa shape index (κ1) is 14.0. The third-order valence-electron chi connectivity index (χ3n) is 2.83. The number of benzene rings is 1. The number of ketones is 1. The topological polar surface area (TPSA) is 26.3 Å². The van der Waals surface area contributed by atoms with Gasteiger partial charge in [-0.15, -0.1) is 0 Å². The summed E-state index contributed by atoms with van der Waals surface area (Å²) in [4.78, 5) is 11.8. The van der Waals surface area contributed by atoms with Crippen LogP contribution in [0.15, 0.2) is 18.2 Å². The van der Waals surface area contributed by atoms with Crippen molar-refractivity contribution in [1.29, 1.82) is 0 Å². The minimum absolute atomic E-state index is 0.00470. The number of carbonyl (C=O) groups is 1. The first-order valence-electron chi connectivity index (χ1n) is 5.81. The van der Waals surface area contributed by atoms with Crippen LogP contribution in [0.25, 0.3) is 0 Å². The smallest absolute Gasteiger partial charge is 0.138 e. The molecule has 17 heavy (non-hydrogen) atoms. The second-order valence-electron chi connectivity index (χ2n) is 4.62. The van der Waals surface area contributed by atoms with Crippen molar-refractivity contribution in [3.63, 3.8) is 0 Å². The molecule has 1 aromatic carbocycles. The van der Waals surface area contributed by atoms with Crippen LogP contribution >= 0.6 is 11.6 Å². The van der Waals surface area contributed by atoms with E-state index in [2.05, 4.69) is 0 Å². The quantitative estimate of drug-likeness (QED) is 0.800. The third-order valence-corrected chi connectivity index (χ3v) is 3.07. The maximum absolute atomic E-state index is 11.8. The van der Waals surface area contributed by atoms with Gasteiger partial charge in [0.2, 0.25) is 0 Å². The molecule has 0 N–H and O–H groups in total.